The topological polar surface area (TPSA) is 71.3 Å². The Morgan fingerprint density at radius 3 is 2.65 bits per heavy atom. The Balaban J connectivity index is 1.99. The molecule has 2 rings (SSSR count). The minimum atomic E-state index is -0.828. The molecule has 1 aliphatic carbocycles. The zero-order valence-corrected chi connectivity index (χ0v) is 11.0. The van der Waals surface area contributed by atoms with Gasteiger partial charge in [0.05, 0.1) is 5.41 Å². The van der Waals surface area contributed by atoms with Gasteiger partial charge in [-0.3, -0.25) is 9.59 Å². The number of hydrogen-bond donors (Lipinski definition) is 2. The van der Waals surface area contributed by atoms with Crippen molar-refractivity contribution >= 4 is 27.8 Å². The molecule has 1 heterocycles. The van der Waals surface area contributed by atoms with Crippen LogP contribution in [0.4, 0.5) is 0 Å². The second-order valence-corrected chi connectivity index (χ2v) is 5.34. The number of rotatable bonds is 4. The summed E-state index contributed by atoms with van der Waals surface area (Å²) < 4.78 is 2.52. The van der Waals surface area contributed by atoms with Crippen LogP contribution in [-0.2, 0) is 11.8 Å². The van der Waals surface area contributed by atoms with Crippen molar-refractivity contribution < 1.29 is 14.7 Å². The lowest BCUT2D eigenvalue weighted by Gasteiger charge is -2.11. The largest absolute Gasteiger partial charge is 0.481 e. The number of nitrogens with zero attached hydrogens (tertiary/aromatic N) is 1. The SMILES string of the molecule is Cn1cc(Br)cc1C(=O)NCC1(C(=O)O)CC1. The fourth-order valence-electron chi connectivity index (χ4n) is 1.71. The molecular formula is C11H13BrN2O3. The van der Waals surface area contributed by atoms with Crippen LogP contribution in [0.25, 0.3) is 0 Å². The smallest absolute Gasteiger partial charge is 0.311 e. The first-order chi connectivity index (χ1) is 7.94. The summed E-state index contributed by atoms with van der Waals surface area (Å²) in [7, 11) is 1.77. The number of hydrogen-bond acceptors (Lipinski definition) is 2. The van der Waals surface area contributed by atoms with E-state index in [2.05, 4.69) is 21.2 Å². The number of aliphatic carboxylic acids is 1. The van der Waals surface area contributed by atoms with Crippen LogP contribution >= 0.6 is 15.9 Å². The van der Waals surface area contributed by atoms with Crippen molar-refractivity contribution in [3.63, 3.8) is 0 Å². The van der Waals surface area contributed by atoms with Crippen LogP contribution < -0.4 is 5.32 Å². The van der Waals surface area contributed by atoms with E-state index in [1.807, 2.05) is 0 Å². The zero-order valence-electron chi connectivity index (χ0n) is 9.36. The van der Waals surface area contributed by atoms with Gasteiger partial charge in [0.1, 0.15) is 5.69 Å². The molecule has 0 bridgehead atoms. The van der Waals surface area contributed by atoms with Crippen molar-refractivity contribution in [3.8, 4) is 0 Å². The molecule has 0 unspecified atom stereocenters. The van der Waals surface area contributed by atoms with E-state index >= 15 is 0 Å². The van der Waals surface area contributed by atoms with Gasteiger partial charge in [0.2, 0.25) is 0 Å². The van der Waals surface area contributed by atoms with Gasteiger partial charge in [-0.2, -0.15) is 0 Å². The van der Waals surface area contributed by atoms with E-state index in [1.54, 1.807) is 23.9 Å². The van der Waals surface area contributed by atoms with E-state index in [9.17, 15) is 9.59 Å². The number of carbonyl (C=O) groups is 2. The third-order valence-electron chi connectivity index (χ3n) is 3.10. The third kappa shape index (κ3) is 2.36. The summed E-state index contributed by atoms with van der Waals surface area (Å²) in [5.74, 6) is -1.07. The molecule has 5 nitrogen and oxygen atoms in total. The Labute approximate surface area is 107 Å². The maximum Gasteiger partial charge on any atom is 0.311 e. The molecule has 1 aromatic heterocycles. The summed E-state index contributed by atoms with van der Waals surface area (Å²) in [5.41, 5.74) is -0.212. The maximum atomic E-state index is 11.8. The number of halogens is 1. The monoisotopic (exact) mass is 300 g/mol. The highest BCUT2D eigenvalue weighted by Gasteiger charge is 2.50. The van der Waals surface area contributed by atoms with Crippen LogP contribution in [0, 0.1) is 5.41 Å². The first kappa shape index (κ1) is 12.2. The molecule has 1 saturated carbocycles. The van der Waals surface area contributed by atoms with Crippen LogP contribution in [0.3, 0.4) is 0 Å². The molecule has 0 saturated heterocycles. The molecular weight excluding hydrogens is 288 g/mol. The Hall–Kier alpha value is -1.30. The van der Waals surface area contributed by atoms with Gasteiger partial charge in [-0.05, 0) is 34.8 Å². The number of amides is 1. The average Bonchev–Trinajstić information content (AvgIpc) is 2.97. The molecule has 1 aliphatic rings. The predicted molar refractivity (Wildman–Crippen MR) is 64.7 cm³/mol. The highest BCUT2D eigenvalue weighted by molar-refractivity contribution is 9.10. The van der Waals surface area contributed by atoms with Crippen molar-refractivity contribution in [2.45, 2.75) is 12.8 Å². The molecule has 0 atom stereocenters. The minimum Gasteiger partial charge on any atom is -0.481 e. The molecule has 0 radical (unpaired) electrons. The van der Waals surface area contributed by atoms with E-state index in [1.165, 1.54) is 0 Å². The van der Waals surface area contributed by atoms with E-state index < -0.39 is 11.4 Å². The molecule has 1 fully saturated rings. The second kappa shape index (κ2) is 4.18. The molecule has 2 N–H and O–H groups in total. The molecule has 1 amide bonds. The summed E-state index contributed by atoms with van der Waals surface area (Å²) in [4.78, 5) is 22.8. The fourth-order valence-corrected chi connectivity index (χ4v) is 2.23. The number of carboxylic acids is 1. The Kier molecular flexibility index (Phi) is 2.99. The van der Waals surface area contributed by atoms with Gasteiger partial charge in [-0.25, -0.2) is 0 Å². The van der Waals surface area contributed by atoms with Gasteiger partial charge in [0, 0.05) is 24.3 Å². The highest BCUT2D eigenvalue weighted by Crippen LogP contribution is 2.45. The second-order valence-electron chi connectivity index (χ2n) is 4.42. The molecule has 92 valence electrons. The van der Waals surface area contributed by atoms with E-state index in [0.717, 1.165) is 4.47 Å². The lowest BCUT2D eigenvalue weighted by molar-refractivity contribution is -0.143. The minimum absolute atomic E-state index is 0.198. The standard InChI is InChI=1S/C11H13BrN2O3/c1-14-5-7(12)4-8(14)9(15)13-6-11(2-3-11)10(16)17/h4-5H,2-3,6H2,1H3,(H,13,15)(H,16,17). The average molecular weight is 301 g/mol. The van der Waals surface area contributed by atoms with E-state index in [4.69, 9.17) is 5.11 Å². The van der Waals surface area contributed by atoms with Gasteiger partial charge in [-0.1, -0.05) is 0 Å². The van der Waals surface area contributed by atoms with Crippen molar-refractivity contribution in [3.05, 3.63) is 22.4 Å². The lowest BCUT2D eigenvalue weighted by atomic mass is 10.1. The Morgan fingerprint density at radius 1 is 1.59 bits per heavy atom. The van der Waals surface area contributed by atoms with Gasteiger partial charge in [-0.15, -0.1) is 0 Å². The van der Waals surface area contributed by atoms with Crippen molar-refractivity contribution in [1.82, 2.24) is 9.88 Å². The molecule has 0 aromatic carbocycles. The number of nitrogens with one attached hydrogen (secondary N) is 1. The van der Waals surface area contributed by atoms with Crippen LogP contribution in [0.15, 0.2) is 16.7 Å². The number of aryl methyl sites for hydroxylation is 1. The van der Waals surface area contributed by atoms with Crippen molar-refractivity contribution in [1.29, 1.82) is 0 Å². The van der Waals surface area contributed by atoms with Crippen molar-refractivity contribution in [2.24, 2.45) is 12.5 Å². The van der Waals surface area contributed by atoms with Crippen LogP contribution in [-0.4, -0.2) is 28.1 Å². The lowest BCUT2D eigenvalue weighted by Crippen LogP contribution is -2.34. The number of carbonyl (C=O) groups excluding carboxylic acids is 1. The Bertz CT molecular complexity index is 477. The van der Waals surface area contributed by atoms with Crippen LogP contribution in [0.1, 0.15) is 23.3 Å². The third-order valence-corrected chi connectivity index (χ3v) is 3.53. The van der Waals surface area contributed by atoms with Gasteiger partial charge >= 0.3 is 5.97 Å². The van der Waals surface area contributed by atoms with Crippen LogP contribution in [0.2, 0.25) is 0 Å². The summed E-state index contributed by atoms with van der Waals surface area (Å²) in [6.45, 7) is 0.198. The predicted octanol–water partition coefficient (Wildman–Crippen LogP) is 1.38. The molecule has 17 heavy (non-hydrogen) atoms. The molecule has 0 aliphatic heterocycles. The molecule has 0 spiro atoms. The number of aromatic nitrogens is 1. The summed E-state index contributed by atoms with van der Waals surface area (Å²) >= 11 is 3.28. The van der Waals surface area contributed by atoms with Crippen LogP contribution in [0.5, 0.6) is 0 Å². The quantitative estimate of drug-likeness (QED) is 0.882. The van der Waals surface area contributed by atoms with Gasteiger partial charge in [0.25, 0.3) is 5.91 Å². The van der Waals surface area contributed by atoms with Gasteiger partial charge < -0.3 is 15.0 Å². The fraction of sp³-hybridized carbons (Fsp3) is 0.455. The van der Waals surface area contributed by atoms with Crippen molar-refractivity contribution in [2.75, 3.05) is 6.54 Å². The highest BCUT2D eigenvalue weighted by atomic mass is 79.9. The van der Waals surface area contributed by atoms with E-state index in [-0.39, 0.29) is 12.5 Å². The summed E-state index contributed by atoms with van der Waals surface area (Å²) in [6, 6.07) is 1.70. The number of carboxylic acid groups (broad SMARTS) is 1. The molecule has 6 heteroatoms. The zero-order chi connectivity index (χ0) is 12.6. The maximum absolute atomic E-state index is 11.8. The summed E-state index contributed by atoms with van der Waals surface area (Å²) in [5, 5.41) is 11.7. The first-order valence-electron chi connectivity index (χ1n) is 5.28. The summed E-state index contributed by atoms with van der Waals surface area (Å²) in [6.07, 6.45) is 3.05. The molecule has 1 aromatic rings. The Morgan fingerprint density at radius 2 is 2.24 bits per heavy atom. The van der Waals surface area contributed by atoms with Gasteiger partial charge in [0.15, 0.2) is 0 Å². The van der Waals surface area contributed by atoms with E-state index in [0.29, 0.717) is 18.5 Å². The first-order valence-corrected chi connectivity index (χ1v) is 6.07. The normalized spacial score (nSPS) is 16.6.